The van der Waals surface area contributed by atoms with Gasteiger partial charge in [0.25, 0.3) is 0 Å². The van der Waals surface area contributed by atoms with E-state index in [2.05, 4.69) is 5.10 Å². The standard InChI is InChI=1S/C19H18FN3O2S/c20-19-9-5-4-6-15(19)13-23(17-10-11-17)26(24,25)18-12-21-22(14-18)16-7-2-1-3-8-16/h1-9,12,14,17H,10-11,13H2. The van der Waals surface area contributed by atoms with Crippen LogP contribution in [0.5, 0.6) is 0 Å². The predicted octanol–water partition coefficient (Wildman–Crippen LogP) is 3.36. The zero-order valence-electron chi connectivity index (χ0n) is 14.0. The van der Waals surface area contributed by atoms with E-state index in [1.165, 1.54) is 27.4 Å². The molecule has 1 heterocycles. The minimum atomic E-state index is -3.76. The Bertz CT molecular complexity index is 1010. The molecule has 26 heavy (non-hydrogen) atoms. The lowest BCUT2D eigenvalue weighted by atomic mass is 10.2. The molecule has 134 valence electrons. The molecule has 0 aliphatic heterocycles. The van der Waals surface area contributed by atoms with Crippen LogP contribution in [-0.4, -0.2) is 28.5 Å². The Morgan fingerprint density at radius 3 is 2.46 bits per heavy atom. The highest BCUT2D eigenvalue weighted by Gasteiger charge is 2.39. The fraction of sp³-hybridized carbons (Fsp3) is 0.211. The smallest absolute Gasteiger partial charge is 0.240 e. The average molecular weight is 371 g/mol. The van der Waals surface area contributed by atoms with Crippen LogP contribution >= 0.6 is 0 Å². The number of hydrogen-bond donors (Lipinski definition) is 0. The third-order valence-corrected chi connectivity index (χ3v) is 6.28. The molecule has 0 saturated heterocycles. The van der Waals surface area contributed by atoms with Gasteiger partial charge in [-0.05, 0) is 31.0 Å². The van der Waals surface area contributed by atoms with Crippen LogP contribution < -0.4 is 0 Å². The molecule has 1 fully saturated rings. The van der Waals surface area contributed by atoms with E-state index in [4.69, 9.17) is 0 Å². The molecule has 2 aromatic carbocycles. The molecule has 0 bridgehead atoms. The van der Waals surface area contributed by atoms with Crippen LogP contribution in [0.2, 0.25) is 0 Å². The first kappa shape index (κ1) is 16.9. The van der Waals surface area contributed by atoms with Gasteiger partial charge >= 0.3 is 0 Å². The van der Waals surface area contributed by atoms with Gasteiger partial charge in [0, 0.05) is 18.2 Å². The van der Waals surface area contributed by atoms with Crippen molar-refractivity contribution in [2.75, 3.05) is 0 Å². The van der Waals surface area contributed by atoms with E-state index >= 15 is 0 Å². The van der Waals surface area contributed by atoms with E-state index in [9.17, 15) is 12.8 Å². The van der Waals surface area contributed by atoms with Gasteiger partial charge in [-0.3, -0.25) is 0 Å². The number of aromatic nitrogens is 2. The lowest BCUT2D eigenvalue weighted by Gasteiger charge is -2.21. The minimum absolute atomic E-state index is 0.0240. The number of nitrogens with zero attached hydrogens (tertiary/aromatic N) is 3. The monoisotopic (exact) mass is 371 g/mol. The summed E-state index contributed by atoms with van der Waals surface area (Å²) in [6.07, 6.45) is 4.43. The van der Waals surface area contributed by atoms with Crippen LogP contribution in [0, 0.1) is 5.82 Å². The lowest BCUT2D eigenvalue weighted by Crippen LogP contribution is -2.32. The first-order valence-corrected chi connectivity index (χ1v) is 9.85. The highest BCUT2D eigenvalue weighted by atomic mass is 32.2. The fourth-order valence-corrected chi connectivity index (χ4v) is 4.46. The van der Waals surface area contributed by atoms with E-state index in [1.807, 2.05) is 30.3 Å². The second kappa shape index (κ2) is 6.66. The Kier molecular flexibility index (Phi) is 4.34. The van der Waals surface area contributed by atoms with Gasteiger partial charge in [-0.15, -0.1) is 0 Å². The maximum atomic E-state index is 14.0. The molecule has 0 unspecified atom stereocenters. The summed E-state index contributed by atoms with van der Waals surface area (Å²) in [6.45, 7) is 0.0240. The van der Waals surface area contributed by atoms with E-state index < -0.39 is 15.8 Å². The Morgan fingerprint density at radius 1 is 1.08 bits per heavy atom. The summed E-state index contributed by atoms with van der Waals surface area (Å²) in [6, 6.07) is 15.5. The number of para-hydroxylation sites is 1. The van der Waals surface area contributed by atoms with Gasteiger partial charge in [-0.1, -0.05) is 36.4 Å². The van der Waals surface area contributed by atoms with Crippen LogP contribution in [-0.2, 0) is 16.6 Å². The minimum Gasteiger partial charge on any atom is -0.240 e. The van der Waals surface area contributed by atoms with E-state index in [-0.39, 0.29) is 17.5 Å². The molecule has 1 saturated carbocycles. The molecule has 0 atom stereocenters. The normalized spacial score (nSPS) is 14.7. The summed E-state index contributed by atoms with van der Waals surface area (Å²) < 4.78 is 43.2. The topological polar surface area (TPSA) is 55.2 Å². The summed E-state index contributed by atoms with van der Waals surface area (Å²) in [5.74, 6) is -0.395. The van der Waals surface area contributed by atoms with Crippen molar-refractivity contribution in [1.29, 1.82) is 0 Å². The Hall–Kier alpha value is -2.51. The van der Waals surface area contributed by atoms with E-state index in [0.29, 0.717) is 5.56 Å². The zero-order valence-corrected chi connectivity index (χ0v) is 14.8. The van der Waals surface area contributed by atoms with Gasteiger partial charge < -0.3 is 0 Å². The maximum Gasteiger partial charge on any atom is 0.246 e. The van der Waals surface area contributed by atoms with Crippen LogP contribution in [0.3, 0.4) is 0 Å². The van der Waals surface area contributed by atoms with Crippen molar-refractivity contribution in [3.63, 3.8) is 0 Å². The van der Waals surface area contributed by atoms with Crippen molar-refractivity contribution < 1.29 is 12.8 Å². The van der Waals surface area contributed by atoms with Crippen molar-refractivity contribution in [1.82, 2.24) is 14.1 Å². The number of hydrogen-bond acceptors (Lipinski definition) is 3. The second-order valence-corrected chi connectivity index (χ2v) is 8.22. The number of benzene rings is 2. The summed E-state index contributed by atoms with van der Waals surface area (Å²) in [4.78, 5) is 0.115. The molecule has 1 aliphatic rings. The van der Waals surface area contributed by atoms with Crippen molar-refractivity contribution in [3.8, 4) is 5.69 Å². The number of halogens is 1. The summed E-state index contributed by atoms with van der Waals surface area (Å²) >= 11 is 0. The highest BCUT2D eigenvalue weighted by Crippen LogP contribution is 2.34. The SMILES string of the molecule is O=S(=O)(c1cnn(-c2ccccc2)c1)N(Cc1ccccc1F)C1CC1. The summed E-state index contributed by atoms with van der Waals surface area (Å²) in [5.41, 5.74) is 1.15. The van der Waals surface area contributed by atoms with Crippen LogP contribution in [0.4, 0.5) is 4.39 Å². The Morgan fingerprint density at radius 2 is 1.77 bits per heavy atom. The molecule has 0 amide bonds. The molecule has 0 N–H and O–H groups in total. The van der Waals surface area contributed by atoms with Gasteiger partial charge in [-0.2, -0.15) is 9.40 Å². The van der Waals surface area contributed by atoms with Crippen molar-refractivity contribution in [2.45, 2.75) is 30.3 Å². The highest BCUT2D eigenvalue weighted by molar-refractivity contribution is 7.89. The maximum absolute atomic E-state index is 14.0. The first-order chi connectivity index (χ1) is 12.6. The number of sulfonamides is 1. The third kappa shape index (κ3) is 3.27. The van der Waals surface area contributed by atoms with Crippen molar-refractivity contribution >= 4 is 10.0 Å². The molecule has 1 aromatic heterocycles. The Labute approximate surface area is 151 Å². The van der Waals surface area contributed by atoms with Crippen molar-refractivity contribution in [2.24, 2.45) is 0 Å². The molecule has 4 rings (SSSR count). The summed E-state index contributed by atoms with van der Waals surface area (Å²) in [5, 5.41) is 4.18. The fourth-order valence-electron chi connectivity index (χ4n) is 2.86. The largest absolute Gasteiger partial charge is 0.246 e. The van der Waals surface area contributed by atoms with Gasteiger partial charge in [0.2, 0.25) is 10.0 Å². The van der Waals surface area contributed by atoms with Crippen molar-refractivity contribution in [3.05, 3.63) is 78.4 Å². The summed E-state index contributed by atoms with van der Waals surface area (Å²) in [7, 11) is -3.76. The first-order valence-electron chi connectivity index (χ1n) is 8.41. The van der Waals surface area contributed by atoms with Gasteiger partial charge in [0.15, 0.2) is 0 Å². The average Bonchev–Trinajstić information content (AvgIpc) is 3.35. The molecule has 5 nitrogen and oxygen atoms in total. The quantitative estimate of drug-likeness (QED) is 0.668. The van der Waals surface area contributed by atoms with E-state index in [1.54, 1.807) is 18.2 Å². The molecule has 3 aromatic rings. The molecule has 0 radical (unpaired) electrons. The predicted molar refractivity (Wildman–Crippen MR) is 95.7 cm³/mol. The van der Waals surface area contributed by atoms with Crippen LogP contribution in [0.1, 0.15) is 18.4 Å². The number of rotatable bonds is 6. The molecule has 0 spiro atoms. The second-order valence-electron chi connectivity index (χ2n) is 6.33. The van der Waals surface area contributed by atoms with Crippen LogP contribution in [0.15, 0.2) is 71.9 Å². The molecular weight excluding hydrogens is 353 g/mol. The molecule has 7 heteroatoms. The van der Waals surface area contributed by atoms with Gasteiger partial charge in [0.05, 0.1) is 18.1 Å². The lowest BCUT2D eigenvalue weighted by molar-refractivity contribution is 0.391. The molecular formula is C19H18FN3O2S. The van der Waals surface area contributed by atoms with Gasteiger partial charge in [0.1, 0.15) is 10.7 Å². The molecule has 1 aliphatic carbocycles. The van der Waals surface area contributed by atoms with Crippen LogP contribution in [0.25, 0.3) is 5.69 Å². The zero-order chi connectivity index (χ0) is 18.1. The van der Waals surface area contributed by atoms with E-state index in [0.717, 1.165) is 18.5 Å². The van der Waals surface area contributed by atoms with Gasteiger partial charge in [-0.25, -0.2) is 17.5 Å². The Balaban J connectivity index is 1.66. The third-order valence-electron chi connectivity index (χ3n) is 4.42.